The Morgan fingerprint density at radius 2 is 1.91 bits per heavy atom. The lowest BCUT2D eigenvalue weighted by Gasteiger charge is -2.07. The van der Waals surface area contributed by atoms with Crippen molar-refractivity contribution in [2.75, 3.05) is 6.61 Å². The number of hydrogen-bond donors (Lipinski definition) is 0. The Kier molecular flexibility index (Phi) is 4.95. The molecule has 2 rings (SSSR count). The van der Waals surface area contributed by atoms with Crippen LogP contribution in [-0.4, -0.2) is 17.5 Å². The second kappa shape index (κ2) is 6.91. The van der Waals surface area contributed by atoms with Crippen LogP contribution in [0.15, 0.2) is 42.5 Å². The van der Waals surface area contributed by atoms with Gasteiger partial charge in [-0.2, -0.15) is 0 Å². The molecule has 22 heavy (non-hydrogen) atoms. The summed E-state index contributed by atoms with van der Waals surface area (Å²) in [6.45, 7) is 2.00. The molecule has 0 unspecified atom stereocenters. The van der Waals surface area contributed by atoms with Crippen molar-refractivity contribution in [1.29, 1.82) is 0 Å². The van der Waals surface area contributed by atoms with Crippen LogP contribution in [0.3, 0.4) is 0 Å². The molecule has 0 aromatic heterocycles. The predicted molar refractivity (Wildman–Crippen MR) is 80.6 cm³/mol. The number of hydrogen-bond acceptors (Lipinski definition) is 5. The summed E-state index contributed by atoms with van der Waals surface area (Å²) in [6, 6.07) is 10.2. The molecule has 0 aliphatic rings. The van der Waals surface area contributed by atoms with E-state index in [0.29, 0.717) is 11.3 Å². The van der Waals surface area contributed by atoms with E-state index in [1.165, 1.54) is 42.5 Å². The highest BCUT2D eigenvalue weighted by Crippen LogP contribution is 2.33. The lowest BCUT2D eigenvalue weighted by molar-refractivity contribution is -0.385. The zero-order chi connectivity index (χ0) is 16.1. The molecule has 0 aliphatic heterocycles. The number of carbonyl (C=O) groups excluding carboxylic acids is 1. The zero-order valence-corrected chi connectivity index (χ0v) is 12.4. The summed E-state index contributed by atoms with van der Waals surface area (Å²) in [5.74, 6) is -0.0109. The molecule has 0 heterocycles. The van der Waals surface area contributed by atoms with Crippen LogP contribution >= 0.6 is 11.6 Å². The van der Waals surface area contributed by atoms with Crippen molar-refractivity contribution >= 4 is 23.3 Å². The Bertz CT molecular complexity index is 700. The van der Waals surface area contributed by atoms with Gasteiger partial charge in [0.25, 0.3) is 0 Å². The molecule has 0 fully saturated rings. The molecule has 0 aliphatic carbocycles. The first-order valence-corrected chi connectivity index (χ1v) is 6.78. The Morgan fingerprint density at radius 3 is 2.50 bits per heavy atom. The molecule has 2 aromatic carbocycles. The lowest BCUT2D eigenvalue weighted by Crippen LogP contribution is -2.04. The van der Waals surface area contributed by atoms with Gasteiger partial charge in [-0.05, 0) is 43.3 Å². The number of esters is 1. The Balaban J connectivity index is 2.21. The summed E-state index contributed by atoms with van der Waals surface area (Å²) in [5, 5.41) is 11.2. The normalized spacial score (nSPS) is 10.1. The van der Waals surface area contributed by atoms with Crippen LogP contribution < -0.4 is 4.74 Å². The Labute approximate surface area is 131 Å². The molecule has 0 bridgehead atoms. The quantitative estimate of drug-likeness (QED) is 0.468. The van der Waals surface area contributed by atoms with Gasteiger partial charge < -0.3 is 9.47 Å². The number of halogens is 1. The molecule has 0 saturated carbocycles. The van der Waals surface area contributed by atoms with Gasteiger partial charge in [0.05, 0.1) is 17.1 Å². The number of carbonyl (C=O) groups is 1. The number of nitro benzene ring substituents is 1. The molecule has 0 amide bonds. The third-order valence-corrected chi connectivity index (χ3v) is 2.95. The van der Waals surface area contributed by atoms with Gasteiger partial charge in [0.1, 0.15) is 5.75 Å². The number of ether oxygens (including phenoxy) is 2. The van der Waals surface area contributed by atoms with E-state index in [1.807, 2.05) is 0 Å². The summed E-state index contributed by atoms with van der Waals surface area (Å²) in [4.78, 5) is 21.9. The summed E-state index contributed by atoms with van der Waals surface area (Å²) >= 11 is 5.74. The van der Waals surface area contributed by atoms with E-state index in [2.05, 4.69) is 0 Å². The fourth-order valence-electron chi connectivity index (χ4n) is 1.72. The predicted octanol–water partition coefficient (Wildman–Crippen LogP) is 4.22. The van der Waals surface area contributed by atoms with Crippen LogP contribution in [0.5, 0.6) is 11.5 Å². The van der Waals surface area contributed by atoms with Crippen molar-refractivity contribution < 1.29 is 19.2 Å². The van der Waals surface area contributed by atoms with Crippen molar-refractivity contribution in [2.45, 2.75) is 6.92 Å². The summed E-state index contributed by atoms with van der Waals surface area (Å²) in [7, 11) is 0. The third-order valence-electron chi connectivity index (χ3n) is 2.71. The van der Waals surface area contributed by atoms with Gasteiger partial charge in [-0.1, -0.05) is 11.6 Å². The van der Waals surface area contributed by atoms with Gasteiger partial charge in [0.15, 0.2) is 0 Å². The smallest absolute Gasteiger partial charge is 0.338 e. The molecule has 7 heteroatoms. The van der Waals surface area contributed by atoms with Gasteiger partial charge >= 0.3 is 11.7 Å². The largest absolute Gasteiger partial charge is 0.462 e. The van der Waals surface area contributed by atoms with Crippen LogP contribution in [0.25, 0.3) is 0 Å². The number of rotatable bonds is 5. The first-order valence-electron chi connectivity index (χ1n) is 6.40. The zero-order valence-electron chi connectivity index (χ0n) is 11.6. The fraction of sp³-hybridized carbons (Fsp3) is 0.133. The highest BCUT2D eigenvalue weighted by atomic mass is 35.5. The average molecular weight is 322 g/mol. The van der Waals surface area contributed by atoms with Gasteiger partial charge in [0, 0.05) is 11.1 Å². The van der Waals surface area contributed by atoms with Gasteiger partial charge in [0.2, 0.25) is 5.75 Å². The highest BCUT2D eigenvalue weighted by Gasteiger charge is 2.16. The number of nitro groups is 1. The minimum absolute atomic E-state index is 0.0679. The lowest BCUT2D eigenvalue weighted by atomic mass is 10.2. The van der Waals surface area contributed by atoms with E-state index in [4.69, 9.17) is 21.1 Å². The van der Waals surface area contributed by atoms with E-state index in [1.54, 1.807) is 6.92 Å². The van der Waals surface area contributed by atoms with E-state index in [9.17, 15) is 14.9 Å². The van der Waals surface area contributed by atoms with Crippen LogP contribution in [0.1, 0.15) is 17.3 Å². The van der Waals surface area contributed by atoms with Gasteiger partial charge in [-0.25, -0.2) is 4.79 Å². The molecular formula is C15H12ClNO5. The van der Waals surface area contributed by atoms with Crippen LogP contribution in [0.4, 0.5) is 5.69 Å². The molecule has 0 radical (unpaired) electrons. The van der Waals surface area contributed by atoms with Crippen molar-refractivity contribution in [2.24, 2.45) is 0 Å². The molecule has 0 saturated heterocycles. The molecule has 0 spiro atoms. The summed E-state index contributed by atoms with van der Waals surface area (Å²) in [6.07, 6.45) is 0. The SMILES string of the molecule is CCOC(=O)c1ccc(Oc2ccc(Cl)cc2[N+](=O)[O-])cc1. The second-order valence-corrected chi connectivity index (χ2v) is 4.65. The fourth-order valence-corrected chi connectivity index (χ4v) is 1.89. The monoisotopic (exact) mass is 321 g/mol. The summed E-state index contributed by atoms with van der Waals surface area (Å²) < 4.78 is 10.3. The maximum absolute atomic E-state index is 11.5. The van der Waals surface area contributed by atoms with E-state index in [-0.39, 0.29) is 23.1 Å². The minimum Gasteiger partial charge on any atom is -0.462 e. The van der Waals surface area contributed by atoms with Crippen LogP contribution in [0, 0.1) is 10.1 Å². The third kappa shape index (κ3) is 3.73. The van der Waals surface area contributed by atoms with Crippen LogP contribution in [-0.2, 0) is 4.74 Å². The van der Waals surface area contributed by atoms with E-state index >= 15 is 0 Å². The molecular weight excluding hydrogens is 310 g/mol. The Hall–Kier alpha value is -2.60. The highest BCUT2D eigenvalue weighted by molar-refractivity contribution is 6.30. The number of nitrogens with zero attached hydrogens (tertiary/aromatic N) is 1. The maximum Gasteiger partial charge on any atom is 0.338 e. The molecule has 114 valence electrons. The van der Waals surface area contributed by atoms with Crippen LogP contribution in [0.2, 0.25) is 5.02 Å². The average Bonchev–Trinajstić information content (AvgIpc) is 2.50. The standard InChI is InChI=1S/C15H12ClNO5/c1-2-21-15(18)10-3-6-12(7-4-10)22-14-8-5-11(16)9-13(14)17(19)20/h3-9H,2H2,1H3. The molecule has 6 nitrogen and oxygen atoms in total. The number of benzene rings is 2. The Morgan fingerprint density at radius 1 is 1.23 bits per heavy atom. The molecule has 0 atom stereocenters. The maximum atomic E-state index is 11.5. The van der Waals surface area contributed by atoms with Crippen molar-refractivity contribution in [3.05, 3.63) is 63.2 Å². The first kappa shape index (κ1) is 15.8. The van der Waals surface area contributed by atoms with Gasteiger partial charge in [-0.3, -0.25) is 10.1 Å². The molecule has 2 aromatic rings. The van der Waals surface area contributed by atoms with Crippen molar-refractivity contribution in [3.63, 3.8) is 0 Å². The second-order valence-electron chi connectivity index (χ2n) is 4.22. The van der Waals surface area contributed by atoms with Gasteiger partial charge in [-0.15, -0.1) is 0 Å². The topological polar surface area (TPSA) is 78.7 Å². The van der Waals surface area contributed by atoms with Crippen molar-refractivity contribution in [1.82, 2.24) is 0 Å². The molecule has 0 N–H and O–H groups in total. The van der Waals surface area contributed by atoms with E-state index < -0.39 is 10.9 Å². The minimum atomic E-state index is -0.575. The summed E-state index contributed by atoms with van der Waals surface area (Å²) in [5.41, 5.74) is 0.141. The first-order chi connectivity index (χ1) is 10.5. The van der Waals surface area contributed by atoms with E-state index in [0.717, 1.165) is 0 Å². The van der Waals surface area contributed by atoms with Crippen molar-refractivity contribution in [3.8, 4) is 11.5 Å².